The SMILES string of the molecule is CC(NC(=O)c1ccc(Cl)cc1)C(=O)NCCc1ccccc1. The summed E-state index contributed by atoms with van der Waals surface area (Å²) in [7, 11) is 0. The number of amides is 2. The highest BCUT2D eigenvalue weighted by Crippen LogP contribution is 2.09. The fourth-order valence-corrected chi connectivity index (χ4v) is 2.20. The number of rotatable bonds is 6. The molecule has 0 heterocycles. The first-order valence-corrected chi connectivity index (χ1v) is 7.82. The second kappa shape index (κ2) is 8.34. The molecule has 0 saturated heterocycles. The molecule has 0 saturated carbocycles. The number of nitrogens with one attached hydrogen (secondary N) is 2. The van der Waals surface area contributed by atoms with Crippen molar-refractivity contribution >= 4 is 23.4 Å². The summed E-state index contributed by atoms with van der Waals surface area (Å²) >= 11 is 5.78. The fraction of sp³-hybridized carbons (Fsp3) is 0.222. The molecule has 0 spiro atoms. The smallest absolute Gasteiger partial charge is 0.251 e. The molecule has 0 radical (unpaired) electrons. The lowest BCUT2D eigenvalue weighted by atomic mass is 10.1. The van der Waals surface area contributed by atoms with Crippen LogP contribution >= 0.6 is 11.6 Å². The first-order chi connectivity index (χ1) is 11.1. The average molecular weight is 331 g/mol. The highest BCUT2D eigenvalue weighted by atomic mass is 35.5. The number of hydrogen-bond donors (Lipinski definition) is 2. The molecule has 0 aliphatic carbocycles. The summed E-state index contributed by atoms with van der Waals surface area (Å²) < 4.78 is 0. The third-order valence-electron chi connectivity index (χ3n) is 3.40. The van der Waals surface area contributed by atoms with Gasteiger partial charge in [0.15, 0.2) is 0 Å². The van der Waals surface area contributed by atoms with Crippen LogP contribution in [0.15, 0.2) is 54.6 Å². The van der Waals surface area contributed by atoms with Crippen LogP contribution in [0.2, 0.25) is 5.02 Å². The van der Waals surface area contributed by atoms with Crippen LogP contribution in [0, 0.1) is 0 Å². The van der Waals surface area contributed by atoms with Crippen LogP contribution in [-0.4, -0.2) is 24.4 Å². The van der Waals surface area contributed by atoms with Crippen LogP contribution in [0.4, 0.5) is 0 Å². The van der Waals surface area contributed by atoms with Crippen molar-refractivity contribution in [2.45, 2.75) is 19.4 Å². The number of benzene rings is 2. The Morgan fingerprint density at radius 3 is 2.35 bits per heavy atom. The molecule has 4 nitrogen and oxygen atoms in total. The standard InChI is InChI=1S/C18H19ClN2O2/c1-13(21-18(23)15-7-9-16(19)10-8-15)17(22)20-12-11-14-5-3-2-4-6-14/h2-10,13H,11-12H2,1H3,(H,20,22)(H,21,23). The van der Waals surface area contributed by atoms with E-state index >= 15 is 0 Å². The molecule has 1 atom stereocenters. The third-order valence-corrected chi connectivity index (χ3v) is 3.66. The minimum Gasteiger partial charge on any atom is -0.354 e. The van der Waals surface area contributed by atoms with Gasteiger partial charge in [-0.2, -0.15) is 0 Å². The van der Waals surface area contributed by atoms with Crippen LogP contribution in [0.3, 0.4) is 0 Å². The van der Waals surface area contributed by atoms with Gasteiger partial charge in [0.1, 0.15) is 6.04 Å². The van der Waals surface area contributed by atoms with E-state index in [2.05, 4.69) is 10.6 Å². The van der Waals surface area contributed by atoms with Crippen molar-refractivity contribution in [1.82, 2.24) is 10.6 Å². The molecule has 0 fully saturated rings. The predicted molar refractivity (Wildman–Crippen MR) is 91.5 cm³/mol. The summed E-state index contributed by atoms with van der Waals surface area (Å²) in [5.41, 5.74) is 1.63. The Balaban J connectivity index is 1.78. The van der Waals surface area contributed by atoms with Gasteiger partial charge in [0.25, 0.3) is 5.91 Å². The van der Waals surface area contributed by atoms with E-state index in [0.29, 0.717) is 17.1 Å². The van der Waals surface area contributed by atoms with Gasteiger partial charge >= 0.3 is 0 Å². The highest BCUT2D eigenvalue weighted by molar-refractivity contribution is 6.30. The first-order valence-electron chi connectivity index (χ1n) is 7.44. The quantitative estimate of drug-likeness (QED) is 0.855. The van der Waals surface area contributed by atoms with E-state index < -0.39 is 6.04 Å². The van der Waals surface area contributed by atoms with E-state index in [-0.39, 0.29) is 11.8 Å². The molecule has 23 heavy (non-hydrogen) atoms. The average Bonchev–Trinajstić information content (AvgIpc) is 2.56. The second-order valence-corrected chi connectivity index (χ2v) is 5.67. The zero-order chi connectivity index (χ0) is 16.7. The number of halogens is 1. The molecule has 2 aromatic rings. The third kappa shape index (κ3) is 5.42. The van der Waals surface area contributed by atoms with Crippen molar-refractivity contribution in [3.05, 3.63) is 70.7 Å². The van der Waals surface area contributed by atoms with Crippen molar-refractivity contribution in [3.8, 4) is 0 Å². The molecule has 0 aromatic heterocycles. The lowest BCUT2D eigenvalue weighted by Gasteiger charge is -2.14. The number of carbonyl (C=O) groups is 2. The largest absolute Gasteiger partial charge is 0.354 e. The lowest BCUT2D eigenvalue weighted by Crippen LogP contribution is -2.45. The van der Waals surface area contributed by atoms with Gasteiger partial charge in [-0.25, -0.2) is 0 Å². The molecule has 2 aromatic carbocycles. The summed E-state index contributed by atoms with van der Waals surface area (Å²) in [5, 5.41) is 6.06. The zero-order valence-corrected chi connectivity index (χ0v) is 13.6. The van der Waals surface area contributed by atoms with Gasteiger partial charge in [0, 0.05) is 17.1 Å². The van der Waals surface area contributed by atoms with Crippen LogP contribution in [0.25, 0.3) is 0 Å². The zero-order valence-electron chi connectivity index (χ0n) is 12.9. The van der Waals surface area contributed by atoms with E-state index in [4.69, 9.17) is 11.6 Å². The Hall–Kier alpha value is -2.33. The Morgan fingerprint density at radius 2 is 1.70 bits per heavy atom. The molecule has 0 aliphatic heterocycles. The second-order valence-electron chi connectivity index (χ2n) is 5.23. The Morgan fingerprint density at radius 1 is 1.04 bits per heavy atom. The van der Waals surface area contributed by atoms with Gasteiger partial charge in [0.05, 0.1) is 0 Å². The highest BCUT2D eigenvalue weighted by Gasteiger charge is 2.16. The van der Waals surface area contributed by atoms with Gasteiger partial charge in [-0.05, 0) is 43.2 Å². The Kier molecular flexibility index (Phi) is 6.18. The van der Waals surface area contributed by atoms with E-state index in [1.807, 2.05) is 30.3 Å². The minimum absolute atomic E-state index is 0.205. The predicted octanol–water partition coefficient (Wildman–Crippen LogP) is 2.82. The Labute approximate surface area is 140 Å². The number of hydrogen-bond acceptors (Lipinski definition) is 2. The molecule has 2 rings (SSSR count). The molecule has 0 aliphatic rings. The summed E-state index contributed by atoms with van der Waals surface area (Å²) in [6.07, 6.45) is 0.754. The van der Waals surface area contributed by atoms with Gasteiger partial charge in [-0.15, -0.1) is 0 Å². The van der Waals surface area contributed by atoms with Crippen molar-refractivity contribution in [2.75, 3.05) is 6.54 Å². The molecule has 5 heteroatoms. The van der Waals surface area contributed by atoms with Crippen molar-refractivity contribution < 1.29 is 9.59 Å². The molecule has 120 valence electrons. The van der Waals surface area contributed by atoms with Crippen LogP contribution in [0.5, 0.6) is 0 Å². The lowest BCUT2D eigenvalue weighted by molar-refractivity contribution is -0.122. The van der Waals surface area contributed by atoms with Gasteiger partial charge in [-0.3, -0.25) is 9.59 Å². The first kappa shape index (κ1) is 17.0. The van der Waals surface area contributed by atoms with E-state index in [1.165, 1.54) is 0 Å². The minimum atomic E-state index is -0.603. The van der Waals surface area contributed by atoms with Gasteiger partial charge < -0.3 is 10.6 Å². The summed E-state index contributed by atoms with van der Waals surface area (Å²) in [6.45, 7) is 2.19. The maximum Gasteiger partial charge on any atom is 0.251 e. The summed E-state index contributed by atoms with van der Waals surface area (Å²) in [4.78, 5) is 24.0. The molecule has 0 bridgehead atoms. The van der Waals surface area contributed by atoms with E-state index in [9.17, 15) is 9.59 Å². The maximum atomic E-state index is 12.0. The van der Waals surface area contributed by atoms with Crippen LogP contribution < -0.4 is 10.6 Å². The van der Waals surface area contributed by atoms with E-state index in [0.717, 1.165) is 12.0 Å². The van der Waals surface area contributed by atoms with Crippen LogP contribution in [0.1, 0.15) is 22.8 Å². The number of carbonyl (C=O) groups excluding carboxylic acids is 2. The van der Waals surface area contributed by atoms with Crippen molar-refractivity contribution in [2.24, 2.45) is 0 Å². The molecule has 2 amide bonds. The molecule has 1 unspecified atom stereocenters. The topological polar surface area (TPSA) is 58.2 Å². The Bertz CT molecular complexity index is 656. The van der Waals surface area contributed by atoms with E-state index in [1.54, 1.807) is 31.2 Å². The van der Waals surface area contributed by atoms with Crippen molar-refractivity contribution in [1.29, 1.82) is 0 Å². The monoisotopic (exact) mass is 330 g/mol. The molecule has 2 N–H and O–H groups in total. The maximum absolute atomic E-state index is 12.0. The normalized spacial score (nSPS) is 11.6. The summed E-state index contributed by atoms with van der Waals surface area (Å²) in [5.74, 6) is -0.504. The van der Waals surface area contributed by atoms with Crippen molar-refractivity contribution in [3.63, 3.8) is 0 Å². The summed E-state index contributed by atoms with van der Waals surface area (Å²) in [6, 6.07) is 15.8. The molecular formula is C18H19ClN2O2. The fourth-order valence-electron chi connectivity index (χ4n) is 2.07. The van der Waals surface area contributed by atoms with Gasteiger partial charge in [-0.1, -0.05) is 41.9 Å². The molecular weight excluding hydrogens is 312 g/mol. The van der Waals surface area contributed by atoms with Crippen LogP contribution in [-0.2, 0) is 11.2 Å². The van der Waals surface area contributed by atoms with Gasteiger partial charge in [0.2, 0.25) is 5.91 Å².